The van der Waals surface area contributed by atoms with Gasteiger partial charge in [-0.2, -0.15) is 0 Å². The standard InChI is InChI=1S/C13H20N2O3S/c1-9(7-10-3-4-10)15-12-8-11(19(14,16)17)5-6-13(12)18-2/h5-6,8-10,15H,3-4,7H2,1-2H3,(H2,14,16,17). The summed E-state index contributed by atoms with van der Waals surface area (Å²) < 4.78 is 28.0. The molecule has 0 bridgehead atoms. The van der Waals surface area contributed by atoms with Gasteiger partial charge >= 0.3 is 0 Å². The minimum absolute atomic E-state index is 0.0921. The smallest absolute Gasteiger partial charge is 0.238 e. The van der Waals surface area contributed by atoms with E-state index in [1.54, 1.807) is 13.2 Å². The lowest BCUT2D eigenvalue weighted by Gasteiger charge is -2.18. The van der Waals surface area contributed by atoms with Crippen LogP contribution in [0.15, 0.2) is 23.1 Å². The zero-order chi connectivity index (χ0) is 14.0. The van der Waals surface area contributed by atoms with Crippen molar-refractivity contribution in [3.8, 4) is 5.75 Å². The van der Waals surface area contributed by atoms with E-state index in [0.717, 1.165) is 12.3 Å². The van der Waals surface area contributed by atoms with Crippen LogP contribution in [0, 0.1) is 5.92 Å². The fourth-order valence-electron chi connectivity index (χ4n) is 2.15. The topological polar surface area (TPSA) is 81.4 Å². The molecule has 1 atom stereocenters. The zero-order valence-corrected chi connectivity index (χ0v) is 12.0. The minimum atomic E-state index is -3.69. The number of rotatable bonds is 6. The highest BCUT2D eigenvalue weighted by Crippen LogP contribution is 2.35. The minimum Gasteiger partial charge on any atom is -0.495 e. The molecule has 0 aromatic heterocycles. The molecule has 0 radical (unpaired) electrons. The van der Waals surface area contributed by atoms with E-state index in [-0.39, 0.29) is 10.9 Å². The molecular weight excluding hydrogens is 264 g/mol. The first-order valence-electron chi connectivity index (χ1n) is 6.37. The molecule has 106 valence electrons. The summed E-state index contributed by atoms with van der Waals surface area (Å²) in [4.78, 5) is 0.0921. The Balaban J connectivity index is 2.20. The van der Waals surface area contributed by atoms with Gasteiger partial charge < -0.3 is 10.1 Å². The molecule has 6 heteroatoms. The summed E-state index contributed by atoms with van der Waals surface area (Å²) in [5.74, 6) is 1.42. The number of primary sulfonamides is 1. The van der Waals surface area contributed by atoms with Gasteiger partial charge in [0.1, 0.15) is 5.75 Å². The lowest BCUT2D eigenvalue weighted by Crippen LogP contribution is -2.17. The van der Waals surface area contributed by atoms with E-state index < -0.39 is 10.0 Å². The summed E-state index contributed by atoms with van der Waals surface area (Å²) in [5, 5.41) is 8.44. The number of methoxy groups -OCH3 is 1. The first-order chi connectivity index (χ1) is 8.90. The highest BCUT2D eigenvalue weighted by molar-refractivity contribution is 7.89. The number of hydrogen-bond acceptors (Lipinski definition) is 4. The predicted molar refractivity (Wildman–Crippen MR) is 74.8 cm³/mol. The van der Waals surface area contributed by atoms with Crippen molar-refractivity contribution in [2.75, 3.05) is 12.4 Å². The molecule has 0 heterocycles. The third kappa shape index (κ3) is 3.84. The first-order valence-corrected chi connectivity index (χ1v) is 7.92. The normalized spacial score (nSPS) is 17.0. The summed E-state index contributed by atoms with van der Waals surface area (Å²) in [7, 11) is -2.13. The summed E-state index contributed by atoms with van der Waals surface area (Å²) in [6.07, 6.45) is 3.67. The van der Waals surface area contributed by atoms with Crippen molar-refractivity contribution in [1.82, 2.24) is 0 Å². The molecule has 0 saturated heterocycles. The van der Waals surface area contributed by atoms with Gasteiger partial charge in [-0.05, 0) is 37.5 Å². The fourth-order valence-corrected chi connectivity index (χ4v) is 2.69. The lowest BCUT2D eigenvalue weighted by molar-refractivity contribution is 0.415. The Bertz CT molecular complexity index is 553. The SMILES string of the molecule is COc1ccc(S(N)(=O)=O)cc1NC(C)CC1CC1. The molecule has 1 aromatic rings. The van der Waals surface area contributed by atoms with Crippen LogP contribution in [0.3, 0.4) is 0 Å². The molecule has 3 N–H and O–H groups in total. The van der Waals surface area contributed by atoms with Crippen LogP contribution in [0.25, 0.3) is 0 Å². The van der Waals surface area contributed by atoms with E-state index in [1.807, 2.05) is 0 Å². The van der Waals surface area contributed by atoms with Gasteiger partial charge in [-0.3, -0.25) is 0 Å². The third-order valence-corrected chi connectivity index (χ3v) is 4.20. The van der Waals surface area contributed by atoms with E-state index in [0.29, 0.717) is 11.4 Å². The van der Waals surface area contributed by atoms with Crippen molar-refractivity contribution in [3.63, 3.8) is 0 Å². The van der Waals surface area contributed by atoms with Gasteiger partial charge in [0.2, 0.25) is 10.0 Å². The summed E-state index contributed by atoms with van der Waals surface area (Å²) >= 11 is 0. The average molecular weight is 284 g/mol. The third-order valence-electron chi connectivity index (χ3n) is 3.29. The van der Waals surface area contributed by atoms with Crippen molar-refractivity contribution in [1.29, 1.82) is 0 Å². The monoisotopic (exact) mass is 284 g/mol. The Morgan fingerprint density at radius 2 is 2.16 bits per heavy atom. The van der Waals surface area contributed by atoms with Gasteiger partial charge in [-0.1, -0.05) is 12.8 Å². The Morgan fingerprint density at radius 3 is 2.68 bits per heavy atom. The summed E-state index contributed by atoms with van der Waals surface area (Å²) in [6, 6.07) is 4.87. The zero-order valence-electron chi connectivity index (χ0n) is 11.2. The Labute approximate surface area is 114 Å². The predicted octanol–water partition coefficient (Wildman–Crippen LogP) is 1.94. The Morgan fingerprint density at radius 1 is 1.47 bits per heavy atom. The van der Waals surface area contributed by atoms with E-state index in [2.05, 4.69) is 12.2 Å². The van der Waals surface area contributed by atoms with Crippen molar-refractivity contribution in [2.24, 2.45) is 11.1 Å². The summed E-state index contributed by atoms with van der Waals surface area (Å²) in [5.41, 5.74) is 0.669. The molecule has 0 aliphatic heterocycles. The molecule has 1 aromatic carbocycles. The van der Waals surface area contributed by atoms with Crippen LogP contribution in [-0.2, 0) is 10.0 Å². The van der Waals surface area contributed by atoms with Crippen molar-refractivity contribution in [2.45, 2.75) is 37.1 Å². The largest absolute Gasteiger partial charge is 0.495 e. The van der Waals surface area contributed by atoms with E-state index in [4.69, 9.17) is 9.88 Å². The number of anilines is 1. The molecule has 1 saturated carbocycles. The molecular formula is C13H20N2O3S. The van der Waals surface area contributed by atoms with Crippen LogP contribution in [-0.4, -0.2) is 21.6 Å². The average Bonchev–Trinajstić information content (AvgIpc) is 3.11. The summed E-state index contributed by atoms with van der Waals surface area (Å²) in [6.45, 7) is 2.08. The van der Waals surface area contributed by atoms with Gasteiger partial charge in [0.25, 0.3) is 0 Å². The van der Waals surface area contributed by atoms with Gasteiger partial charge in [0, 0.05) is 6.04 Å². The molecule has 5 nitrogen and oxygen atoms in total. The molecule has 19 heavy (non-hydrogen) atoms. The van der Waals surface area contributed by atoms with Crippen LogP contribution in [0.1, 0.15) is 26.2 Å². The van der Waals surface area contributed by atoms with Gasteiger partial charge in [0.15, 0.2) is 0 Å². The maximum Gasteiger partial charge on any atom is 0.238 e. The van der Waals surface area contributed by atoms with E-state index in [9.17, 15) is 8.42 Å². The quantitative estimate of drug-likeness (QED) is 0.836. The number of hydrogen-bond donors (Lipinski definition) is 2. The maximum absolute atomic E-state index is 11.4. The van der Waals surface area contributed by atoms with Crippen LogP contribution in [0.4, 0.5) is 5.69 Å². The molecule has 1 unspecified atom stereocenters. The fraction of sp³-hybridized carbons (Fsp3) is 0.538. The molecule has 1 aliphatic carbocycles. The van der Waals surface area contributed by atoms with Gasteiger partial charge in [-0.15, -0.1) is 0 Å². The van der Waals surface area contributed by atoms with Crippen LogP contribution in [0.2, 0.25) is 0 Å². The number of benzene rings is 1. The Kier molecular flexibility index (Phi) is 4.01. The number of ether oxygens (including phenoxy) is 1. The highest BCUT2D eigenvalue weighted by Gasteiger charge is 2.24. The molecule has 2 rings (SSSR count). The van der Waals surface area contributed by atoms with E-state index >= 15 is 0 Å². The molecule has 1 aliphatic rings. The second kappa shape index (κ2) is 5.38. The van der Waals surface area contributed by atoms with Crippen LogP contribution >= 0.6 is 0 Å². The van der Waals surface area contributed by atoms with Crippen LogP contribution < -0.4 is 15.2 Å². The number of nitrogens with two attached hydrogens (primary N) is 1. The van der Waals surface area contributed by atoms with Gasteiger partial charge in [-0.25, -0.2) is 13.6 Å². The number of sulfonamides is 1. The van der Waals surface area contributed by atoms with Crippen molar-refractivity contribution in [3.05, 3.63) is 18.2 Å². The maximum atomic E-state index is 11.4. The van der Waals surface area contributed by atoms with Crippen molar-refractivity contribution >= 4 is 15.7 Å². The number of nitrogens with one attached hydrogen (secondary N) is 1. The van der Waals surface area contributed by atoms with Crippen LogP contribution in [0.5, 0.6) is 5.75 Å². The Hall–Kier alpha value is -1.27. The molecule has 0 spiro atoms. The second-order valence-corrected chi connectivity index (χ2v) is 6.69. The highest BCUT2D eigenvalue weighted by atomic mass is 32.2. The first kappa shape index (κ1) is 14.1. The second-order valence-electron chi connectivity index (χ2n) is 5.13. The molecule has 0 amide bonds. The molecule has 1 fully saturated rings. The van der Waals surface area contributed by atoms with Crippen molar-refractivity contribution < 1.29 is 13.2 Å². The lowest BCUT2D eigenvalue weighted by atomic mass is 10.1. The van der Waals surface area contributed by atoms with Gasteiger partial charge in [0.05, 0.1) is 17.7 Å². The van der Waals surface area contributed by atoms with E-state index in [1.165, 1.54) is 25.0 Å².